The first-order valence-corrected chi connectivity index (χ1v) is 4.86. The predicted molar refractivity (Wildman–Crippen MR) is 52.5 cm³/mol. The number of methoxy groups -OCH3 is 1. The molecule has 2 unspecified atom stereocenters. The van der Waals surface area contributed by atoms with Gasteiger partial charge in [-0.15, -0.1) is 0 Å². The van der Waals surface area contributed by atoms with E-state index in [1.807, 2.05) is 0 Å². The van der Waals surface area contributed by atoms with Crippen LogP contribution in [0.2, 0.25) is 0 Å². The van der Waals surface area contributed by atoms with E-state index < -0.39 is 0 Å². The minimum atomic E-state index is -0.196. The highest BCUT2D eigenvalue weighted by molar-refractivity contribution is 5.97. The zero-order valence-corrected chi connectivity index (χ0v) is 8.80. The molecule has 1 aliphatic heterocycles. The van der Waals surface area contributed by atoms with E-state index in [9.17, 15) is 4.79 Å². The average Bonchev–Trinajstić information content (AvgIpc) is 2.84. The monoisotopic (exact) mass is 210 g/mol. The molecule has 6 heteroatoms. The lowest BCUT2D eigenvalue weighted by Crippen LogP contribution is -2.32. The van der Waals surface area contributed by atoms with Crippen LogP contribution in [0.4, 0.5) is 0 Å². The molecule has 0 saturated carbocycles. The summed E-state index contributed by atoms with van der Waals surface area (Å²) in [5.41, 5.74) is 0. The molecule has 82 valence electrons. The van der Waals surface area contributed by atoms with E-state index in [4.69, 9.17) is 4.74 Å². The molecule has 1 aromatic heterocycles. The molecule has 2 rings (SSSR count). The van der Waals surface area contributed by atoms with Gasteiger partial charge in [-0.1, -0.05) is 0 Å². The largest absolute Gasteiger partial charge is 0.380 e. The van der Waals surface area contributed by atoms with Gasteiger partial charge in [0, 0.05) is 20.7 Å². The molecule has 6 nitrogen and oxygen atoms in total. The predicted octanol–water partition coefficient (Wildman–Crippen LogP) is -0.625. The van der Waals surface area contributed by atoms with Crippen LogP contribution in [0.3, 0.4) is 0 Å². The Kier molecular flexibility index (Phi) is 2.79. The molecule has 1 N–H and O–H groups in total. The SMILES string of the molecule is COC1CNC(C(=O)c2ncnn2C)C1. The third-order valence-electron chi connectivity index (χ3n) is 2.67. The first kappa shape index (κ1) is 10.3. The van der Waals surface area contributed by atoms with Gasteiger partial charge in [0.1, 0.15) is 6.33 Å². The van der Waals surface area contributed by atoms with Crippen molar-refractivity contribution >= 4 is 5.78 Å². The number of hydrogen-bond acceptors (Lipinski definition) is 5. The van der Waals surface area contributed by atoms with Crippen LogP contribution in [-0.4, -0.2) is 46.3 Å². The highest BCUT2D eigenvalue weighted by Crippen LogP contribution is 2.13. The fourth-order valence-electron chi connectivity index (χ4n) is 1.76. The summed E-state index contributed by atoms with van der Waals surface area (Å²) >= 11 is 0. The van der Waals surface area contributed by atoms with Crippen molar-refractivity contribution in [1.29, 1.82) is 0 Å². The first-order chi connectivity index (χ1) is 7.22. The fourth-order valence-corrected chi connectivity index (χ4v) is 1.76. The Morgan fingerprint density at radius 3 is 3.07 bits per heavy atom. The van der Waals surface area contributed by atoms with Gasteiger partial charge in [0.05, 0.1) is 12.1 Å². The molecular formula is C9H14N4O2. The lowest BCUT2D eigenvalue weighted by Gasteiger charge is -2.07. The second kappa shape index (κ2) is 4.08. The third-order valence-corrected chi connectivity index (χ3v) is 2.67. The number of Topliss-reactive ketones (excluding diaryl/α,β-unsaturated/α-hetero) is 1. The standard InChI is InChI=1S/C9H14N4O2/c1-13-9(11-5-12-13)8(14)7-3-6(15-2)4-10-7/h5-7,10H,3-4H2,1-2H3. The second-order valence-electron chi connectivity index (χ2n) is 3.63. The number of carbonyl (C=O) groups is 1. The number of nitrogens with one attached hydrogen (secondary N) is 1. The molecule has 0 aliphatic carbocycles. The van der Waals surface area contributed by atoms with Gasteiger partial charge >= 0.3 is 0 Å². The summed E-state index contributed by atoms with van der Waals surface area (Å²) in [6.07, 6.45) is 2.20. The number of aryl methyl sites for hydroxylation is 1. The minimum absolute atomic E-state index is 0.0189. The van der Waals surface area contributed by atoms with Crippen molar-refractivity contribution in [1.82, 2.24) is 20.1 Å². The second-order valence-corrected chi connectivity index (χ2v) is 3.63. The molecule has 0 radical (unpaired) electrons. The van der Waals surface area contributed by atoms with Crippen LogP contribution in [-0.2, 0) is 11.8 Å². The van der Waals surface area contributed by atoms with Crippen molar-refractivity contribution < 1.29 is 9.53 Å². The van der Waals surface area contributed by atoms with Crippen LogP contribution in [0, 0.1) is 0 Å². The summed E-state index contributed by atoms with van der Waals surface area (Å²) in [5, 5.41) is 6.99. The number of ketones is 1. The van der Waals surface area contributed by atoms with Crippen molar-refractivity contribution in [2.24, 2.45) is 7.05 Å². The average molecular weight is 210 g/mol. The molecule has 1 fully saturated rings. The summed E-state index contributed by atoms with van der Waals surface area (Å²) in [6.45, 7) is 0.713. The van der Waals surface area contributed by atoms with Crippen molar-refractivity contribution in [2.75, 3.05) is 13.7 Å². The van der Waals surface area contributed by atoms with Gasteiger partial charge in [0.15, 0.2) is 5.82 Å². The molecule has 0 spiro atoms. The first-order valence-electron chi connectivity index (χ1n) is 4.86. The van der Waals surface area contributed by atoms with E-state index in [-0.39, 0.29) is 17.9 Å². The Balaban J connectivity index is 2.07. The van der Waals surface area contributed by atoms with Crippen molar-refractivity contribution in [3.05, 3.63) is 12.2 Å². The van der Waals surface area contributed by atoms with Crippen molar-refractivity contribution in [3.8, 4) is 0 Å². The molecule has 0 amide bonds. The number of aromatic nitrogens is 3. The summed E-state index contributed by atoms with van der Waals surface area (Å²) in [7, 11) is 3.37. The van der Waals surface area contributed by atoms with Gasteiger partial charge in [-0.05, 0) is 6.42 Å². The van der Waals surface area contributed by atoms with E-state index in [1.54, 1.807) is 14.2 Å². The van der Waals surface area contributed by atoms with Gasteiger partial charge < -0.3 is 10.1 Å². The summed E-state index contributed by atoms with van der Waals surface area (Å²) in [4.78, 5) is 15.9. The highest BCUT2D eigenvalue weighted by Gasteiger charge is 2.31. The summed E-state index contributed by atoms with van der Waals surface area (Å²) in [5.74, 6) is 0.374. The van der Waals surface area contributed by atoms with Gasteiger partial charge in [-0.3, -0.25) is 4.79 Å². The Bertz CT molecular complexity index is 363. The van der Waals surface area contributed by atoms with Crippen LogP contribution in [0.1, 0.15) is 17.0 Å². The third kappa shape index (κ3) is 1.91. The van der Waals surface area contributed by atoms with Crippen LogP contribution in [0.25, 0.3) is 0 Å². The Labute approximate surface area is 87.6 Å². The quantitative estimate of drug-likeness (QED) is 0.673. The summed E-state index contributed by atoms with van der Waals surface area (Å²) < 4.78 is 6.67. The van der Waals surface area contributed by atoms with E-state index in [0.29, 0.717) is 18.8 Å². The Morgan fingerprint density at radius 1 is 1.73 bits per heavy atom. The van der Waals surface area contributed by atoms with E-state index >= 15 is 0 Å². The Hall–Kier alpha value is -1.27. The van der Waals surface area contributed by atoms with Crippen molar-refractivity contribution in [3.63, 3.8) is 0 Å². The van der Waals surface area contributed by atoms with E-state index in [1.165, 1.54) is 11.0 Å². The van der Waals surface area contributed by atoms with Crippen molar-refractivity contribution in [2.45, 2.75) is 18.6 Å². The number of nitrogens with zero attached hydrogens (tertiary/aromatic N) is 3. The van der Waals surface area contributed by atoms with Crippen LogP contribution < -0.4 is 5.32 Å². The van der Waals surface area contributed by atoms with Gasteiger partial charge in [0.2, 0.25) is 5.78 Å². The lowest BCUT2D eigenvalue weighted by molar-refractivity contribution is 0.0905. The smallest absolute Gasteiger partial charge is 0.216 e. The van der Waals surface area contributed by atoms with E-state index in [2.05, 4.69) is 15.4 Å². The maximum Gasteiger partial charge on any atom is 0.216 e. The Morgan fingerprint density at radius 2 is 2.53 bits per heavy atom. The molecular weight excluding hydrogens is 196 g/mol. The normalized spacial score (nSPS) is 25.7. The maximum atomic E-state index is 11.9. The van der Waals surface area contributed by atoms with Gasteiger partial charge in [-0.2, -0.15) is 5.10 Å². The molecule has 0 bridgehead atoms. The molecule has 0 aromatic carbocycles. The van der Waals surface area contributed by atoms with E-state index in [0.717, 1.165) is 0 Å². The van der Waals surface area contributed by atoms with Gasteiger partial charge in [-0.25, -0.2) is 9.67 Å². The zero-order valence-electron chi connectivity index (χ0n) is 8.80. The highest BCUT2D eigenvalue weighted by atomic mass is 16.5. The summed E-state index contributed by atoms with van der Waals surface area (Å²) in [6, 6.07) is -0.196. The molecule has 1 aliphatic rings. The lowest BCUT2D eigenvalue weighted by atomic mass is 10.1. The molecule has 1 aromatic rings. The van der Waals surface area contributed by atoms with Gasteiger partial charge in [0.25, 0.3) is 0 Å². The van der Waals surface area contributed by atoms with Crippen LogP contribution in [0.5, 0.6) is 0 Å². The fraction of sp³-hybridized carbons (Fsp3) is 0.667. The number of carbonyl (C=O) groups excluding carboxylic acids is 1. The molecule has 2 atom stereocenters. The maximum absolute atomic E-state index is 11.9. The molecule has 15 heavy (non-hydrogen) atoms. The van der Waals surface area contributed by atoms with Crippen LogP contribution in [0.15, 0.2) is 6.33 Å². The molecule has 1 saturated heterocycles. The topological polar surface area (TPSA) is 69.0 Å². The molecule has 2 heterocycles. The van der Waals surface area contributed by atoms with Crippen LogP contribution >= 0.6 is 0 Å². The number of rotatable bonds is 3. The zero-order chi connectivity index (χ0) is 10.8. The number of hydrogen-bond donors (Lipinski definition) is 1. The number of ether oxygens (including phenoxy) is 1. The minimum Gasteiger partial charge on any atom is -0.380 e.